The van der Waals surface area contributed by atoms with Crippen molar-refractivity contribution in [1.82, 2.24) is 0 Å². The molecule has 7 heteroatoms. The first-order valence-electron chi connectivity index (χ1n) is 5.83. The second-order valence-corrected chi connectivity index (χ2v) is 4.47. The average molecular weight is 309 g/mol. The summed E-state index contributed by atoms with van der Waals surface area (Å²) in [6, 6.07) is 9.30. The molecule has 2 amide bonds. The summed E-state index contributed by atoms with van der Waals surface area (Å²) in [4.78, 5) is 22.4. The minimum Gasteiger partial charge on any atom is -0.478 e. The van der Waals surface area contributed by atoms with E-state index in [-0.39, 0.29) is 5.69 Å². The van der Waals surface area contributed by atoms with Crippen molar-refractivity contribution in [3.05, 3.63) is 58.9 Å². The van der Waals surface area contributed by atoms with E-state index in [1.54, 1.807) is 24.3 Å². The predicted molar refractivity (Wildman–Crippen MR) is 77.5 cm³/mol. The van der Waals surface area contributed by atoms with Crippen LogP contribution < -0.4 is 10.6 Å². The molecule has 0 aromatic heterocycles. The standard InChI is InChI=1S/C14H10ClFN2O3/c15-10-3-1-2-4-12(10)18-14(21)17-8-5-6-9(13(19)20)11(16)7-8/h1-7H,(H,19,20)(H2,17,18,21). The van der Waals surface area contributed by atoms with Gasteiger partial charge in [-0.2, -0.15) is 0 Å². The van der Waals surface area contributed by atoms with E-state index >= 15 is 0 Å². The third-order valence-corrected chi connectivity index (χ3v) is 2.91. The highest BCUT2D eigenvalue weighted by Gasteiger charge is 2.12. The van der Waals surface area contributed by atoms with Gasteiger partial charge in [0.15, 0.2) is 0 Å². The van der Waals surface area contributed by atoms with Crippen LogP contribution in [0.1, 0.15) is 10.4 Å². The molecule has 0 aliphatic heterocycles. The van der Waals surface area contributed by atoms with E-state index in [2.05, 4.69) is 10.6 Å². The number of nitrogens with one attached hydrogen (secondary N) is 2. The van der Waals surface area contributed by atoms with Crippen LogP contribution in [0, 0.1) is 5.82 Å². The smallest absolute Gasteiger partial charge is 0.338 e. The molecule has 108 valence electrons. The molecule has 0 unspecified atom stereocenters. The van der Waals surface area contributed by atoms with Gasteiger partial charge in [-0.3, -0.25) is 0 Å². The Balaban J connectivity index is 2.08. The number of aromatic carboxylic acids is 1. The lowest BCUT2D eigenvalue weighted by Crippen LogP contribution is -2.19. The third-order valence-electron chi connectivity index (χ3n) is 2.58. The number of rotatable bonds is 3. The van der Waals surface area contributed by atoms with Crippen molar-refractivity contribution in [3.8, 4) is 0 Å². The Morgan fingerprint density at radius 2 is 1.81 bits per heavy atom. The molecule has 0 radical (unpaired) electrons. The first-order chi connectivity index (χ1) is 9.97. The average Bonchev–Trinajstić information content (AvgIpc) is 2.41. The largest absolute Gasteiger partial charge is 0.478 e. The van der Waals surface area contributed by atoms with Gasteiger partial charge < -0.3 is 15.7 Å². The van der Waals surface area contributed by atoms with Crippen LogP contribution in [0.15, 0.2) is 42.5 Å². The second-order valence-electron chi connectivity index (χ2n) is 4.06. The topological polar surface area (TPSA) is 78.4 Å². The van der Waals surface area contributed by atoms with Crippen LogP contribution in [-0.4, -0.2) is 17.1 Å². The Bertz CT molecular complexity index is 706. The summed E-state index contributed by atoms with van der Waals surface area (Å²) in [5.74, 6) is -2.31. The number of benzene rings is 2. The van der Waals surface area contributed by atoms with Crippen molar-refractivity contribution >= 4 is 35.0 Å². The molecular formula is C14H10ClFN2O3. The number of para-hydroxylation sites is 1. The number of carboxylic acid groups (broad SMARTS) is 1. The number of urea groups is 1. The zero-order valence-electron chi connectivity index (χ0n) is 10.6. The molecule has 0 spiro atoms. The summed E-state index contributed by atoms with van der Waals surface area (Å²) in [7, 11) is 0. The number of halogens is 2. The monoisotopic (exact) mass is 308 g/mol. The van der Waals surface area contributed by atoms with Crippen LogP contribution in [0.25, 0.3) is 0 Å². The van der Waals surface area contributed by atoms with E-state index in [1.165, 1.54) is 6.07 Å². The Kier molecular flexibility index (Phi) is 4.39. The van der Waals surface area contributed by atoms with Crippen LogP contribution in [-0.2, 0) is 0 Å². The highest BCUT2D eigenvalue weighted by Crippen LogP contribution is 2.21. The van der Waals surface area contributed by atoms with Crippen molar-refractivity contribution in [2.24, 2.45) is 0 Å². The maximum Gasteiger partial charge on any atom is 0.338 e. The molecule has 2 rings (SSSR count). The number of carbonyl (C=O) groups is 2. The van der Waals surface area contributed by atoms with E-state index < -0.39 is 23.4 Å². The van der Waals surface area contributed by atoms with Crippen LogP contribution in [0.5, 0.6) is 0 Å². The van der Waals surface area contributed by atoms with Gasteiger partial charge in [-0.15, -0.1) is 0 Å². The van der Waals surface area contributed by atoms with Crippen molar-refractivity contribution in [2.75, 3.05) is 10.6 Å². The normalized spacial score (nSPS) is 10.0. The lowest BCUT2D eigenvalue weighted by molar-refractivity contribution is 0.0692. The van der Waals surface area contributed by atoms with Crippen LogP contribution >= 0.6 is 11.6 Å². The van der Waals surface area contributed by atoms with Crippen molar-refractivity contribution in [2.45, 2.75) is 0 Å². The predicted octanol–water partition coefficient (Wildman–Crippen LogP) is 3.82. The summed E-state index contributed by atoms with van der Waals surface area (Å²) in [5.41, 5.74) is 0.0633. The molecule has 0 saturated heterocycles. The number of hydrogen-bond acceptors (Lipinski definition) is 2. The fraction of sp³-hybridized carbons (Fsp3) is 0. The molecule has 0 saturated carbocycles. The lowest BCUT2D eigenvalue weighted by Gasteiger charge is -2.09. The lowest BCUT2D eigenvalue weighted by atomic mass is 10.2. The molecule has 0 atom stereocenters. The number of carbonyl (C=O) groups excluding carboxylic acids is 1. The molecule has 0 aliphatic carbocycles. The Morgan fingerprint density at radius 3 is 2.43 bits per heavy atom. The van der Waals surface area contributed by atoms with Gasteiger partial charge in [-0.1, -0.05) is 23.7 Å². The number of carboxylic acids is 1. The van der Waals surface area contributed by atoms with Crippen molar-refractivity contribution in [3.63, 3.8) is 0 Å². The maximum atomic E-state index is 13.5. The summed E-state index contributed by atoms with van der Waals surface area (Å²) in [6.07, 6.45) is 0. The van der Waals surface area contributed by atoms with Gasteiger partial charge in [0.25, 0.3) is 0 Å². The zero-order valence-corrected chi connectivity index (χ0v) is 11.3. The van der Waals surface area contributed by atoms with E-state index in [4.69, 9.17) is 16.7 Å². The Labute approximate surface area is 124 Å². The van der Waals surface area contributed by atoms with E-state index in [0.29, 0.717) is 10.7 Å². The first kappa shape index (κ1) is 14.8. The molecule has 2 aromatic rings. The van der Waals surface area contributed by atoms with E-state index in [0.717, 1.165) is 12.1 Å². The maximum absolute atomic E-state index is 13.5. The number of anilines is 2. The Morgan fingerprint density at radius 1 is 1.10 bits per heavy atom. The summed E-state index contributed by atoms with van der Waals surface area (Å²) in [6.45, 7) is 0. The van der Waals surface area contributed by atoms with Gasteiger partial charge in [0.1, 0.15) is 5.82 Å². The highest BCUT2D eigenvalue weighted by atomic mass is 35.5. The molecule has 21 heavy (non-hydrogen) atoms. The molecule has 0 aliphatic rings. The summed E-state index contributed by atoms with van der Waals surface area (Å²) < 4.78 is 13.5. The van der Waals surface area contributed by atoms with Gasteiger partial charge in [-0.25, -0.2) is 14.0 Å². The SMILES string of the molecule is O=C(Nc1ccc(C(=O)O)c(F)c1)Nc1ccccc1Cl. The van der Waals surface area contributed by atoms with Crippen LogP contribution in [0.3, 0.4) is 0 Å². The van der Waals surface area contributed by atoms with E-state index in [9.17, 15) is 14.0 Å². The minimum atomic E-state index is -1.38. The summed E-state index contributed by atoms with van der Waals surface area (Å²) in [5, 5.41) is 13.9. The fourth-order valence-electron chi connectivity index (χ4n) is 1.61. The van der Waals surface area contributed by atoms with Gasteiger partial charge in [0, 0.05) is 5.69 Å². The third kappa shape index (κ3) is 3.70. The number of amides is 2. The molecular weight excluding hydrogens is 299 g/mol. The molecule has 0 heterocycles. The van der Waals surface area contributed by atoms with E-state index in [1.807, 2.05) is 0 Å². The van der Waals surface area contributed by atoms with Gasteiger partial charge >= 0.3 is 12.0 Å². The quantitative estimate of drug-likeness (QED) is 0.806. The summed E-state index contributed by atoms with van der Waals surface area (Å²) >= 11 is 5.88. The highest BCUT2D eigenvalue weighted by molar-refractivity contribution is 6.33. The minimum absolute atomic E-state index is 0.127. The van der Waals surface area contributed by atoms with Crippen molar-refractivity contribution in [1.29, 1.82) is 0 Å². The van der Waals surface area contributed by atoms with Gasteiger partial charge in [-0.05, 0) is 30.3 Å². The molecule has 2 aromatic carbocycles. The fourth-order valence-corrected chi connectivity index (χ4v) is 1.80. The molecule has 0 bridgehead atoms. The van der Waals surface area contributed by atoms with Crippen molar-refractivity contribution < 1.29 is 19.1 Å². The zero-order chi connectivity index (χ0) is 15.4. The van der Waals surface area contributed by atoms with Gasteiger partial charge in [0.05, 0.1) is 16.3 Å². The molecule has 5 nitrogen and oxygen atoms in total. The molecule has 3 N–H and O–H groups in total. The molecule has 0 fully saturated rings. The second kappa shape index (κ2) is 6.23. The Hall–Kier alpha value is -2.60. The van der Waals surface area contributed by atoms with Crippen LogP contribution in [0.2, 0.25) is 5.02 Å². The first-order valence-corrected chi connectivity index (χ1v) is 6.20. The van der Waals surface area contributed by atoms with Gasteiger partial charge in [0.2, 0.25) is 0 Å². The van der Waals surface area contributed by atoms with Crippen LogP contribution in [0.4, 0.5) is 20.6 Å². The number of hydrogen-bond donors (Lipinski definition) is 3.